The normalized spacial score (nSPS) is 16.8. The van der Waals surface area contributed by atoms with Crippen molar-refractivity contribution >= 4 is 11.7 Å². The predicted molar refractivity (Wildman–Crippen MR) is 97.0 cm³/mol. The highest BCUT2D eigenvalue weighted by molar-refractivity contribution is 5.89. The van der Waals surface area contributed by atoms with Crippen molar-refractivity contribution in [2.75, 3.05) is 18.4 Å². The number of amides is 2. The molecule has 1 aliphatic rings. The van der Waals surface area contributed by atoms with Crippen molar-refractivity contribution in [3.8, 4) is 5.88 Å². The number of rotatable bonds is 3. The van der Waals surface area contributed by atoms with E-state index in [4.69, 9.17) is 4.74 Å². The predicted octanol–water partition coefficient (Wildman–Crippen LogP) is 3.40. The van der Waals surface area contributed by atoms with Crippen molar-refractivity contribution in [2.45, 2.75) is 40.2 Å². The van der Waals surface area contributed by atoms with Crippen molar-refractivity contribution in [1.29, 1.82) is 0 Å². The molecule has 1 atom stereocenters. The lowest BCUT2D eigenvalue weighted by atomic mass is 10.1. The van der Waals surface area contributed by atoms with Gasteiger partial charge in [-0.3, -0.25) is 0 Å². The minimum absolute atomic E-state index is 0.0424. The molecule has 6 heteroatoms. The quantitative estimate of drug-likeness (QED) is 0.930. The topological polar surface area (TPSA) is 67.3 Å². The highest BCUT2D eigenvalue weighted by atomic mass is 16.5. The summed E-state index contributed by atoms with van der Waals surface area (Å²) in [4.78, 5) is 22.8. The third-order valence-electron chi connectivity index (χ3n) is 4.42. The van der Waals surface area contributed by atoms with Crippen molar-refractivity contribution in [1.82, 2.24) is 14.9 Å². The molecule has 0 unspecified atom stereocenters. The van der Waals surface area contributed by atoms with Gasteiger partial charge in [0.15, 0.2) is 0 Å². The van der Waals surface area contributed by atoms with Gasteiger partial charge in [-0.25, -0.2) is 9.78 Å². The Labute approximate surface area is 148 Å². The van der Waals surface area contributed by atoms with Crippen LogP contribution < -0.4 is 10.1 Å². The molecule has 2 aromatic rings. The number of aryl methyl sites for hydroxylation is 4. The largest absolute Gasteiger partial charge is 0.472 e. The molecule has 2 heterocycles. The molecular weight excluding hydrogens is 316 g/mol. The van der Waals surface area contributed by atoms with Crippen molar-refractivity contribution in [2.24, 2.45) is 0 Å². The molecule has 0 saturated carbocycles. The van der Waals surface area contributed by atoms with Crippen LogP contribution in [0.25, 0.3) is 0 Å². The molecule has 1 saturated heterocycles. The molecular formula is C19H24N4O2. The zero-order chi connectivity index (χ0) is 18.0. The zero-order valence-corrected chi connectivity index (χ0v) is 15.2. The molecule has 2 amide bonds. The second-order valence-corrected chi connectivity index (χ2v) is 6.60. The summed E-state index contributed by atoms with van der Waals surface area (Å²) in [7, 11) is 0. The fourth-order valence-corrected chi connectivity index (χ4v) is 2.94. The number of benzene rings is 1. The van der Waals surface area contributed by atoms with Gasteiger partial charge in [0.05, 0.1) is 6.54 Å². The van der Waals surface area contributed by atoms with Gasteiger partial charge in [0.1, 0.15) is 11.9 Å². The Hall–Kier alpha value is -2.63. The molecule has 3 rings (SSSR count). The van der Waals surface area contributed by atoms with E-state index in [1.165, 1.54) is 5.56 Å². The van der Waals surface area contributed by atoms with E-state index >= 15 is 0 Å². The number of nitrogens with one attached hydrogen (secondary N) is 1. The number of anilines is 1. The van der Waals surface area contributed by atoms with Crippen molar-refractivity contribution < 1.29 is 9.53 Å². The highest BCUT2D eigenvalue weighted by Crippen LogP contribution is 2.19. The Morgan fingerprint density at radius 2 is 1.96 bits per heavy atom. The monoisotopic (exact) mass is 340 g/mol. The number of hydrogen-bond acceptors (Lipinski definition) is 4. The van der Waals surface area contributed by atoms with Crippen LogP contribution in [0.1, 0.15) is 29.1 Å². The Balaban J connectivity index is 1.58. The van der Waals surface area contributed by atoms with Gasteiger partial charge in [-0.2, -0.15) is 4.98 Å². The number of hydrogen-bond donors (Lipinski definition) is 1. The number of carbonyl (C=O) groups excluding carboxylic acids is 1. The van der Waals surface area contributed by atoms with Crippen LogP contribution in [0.3, 0.4) is 0 Å². The third kappa shape index (κ3) is 4.26. The molecule has 132 valence electrons. The van der Waals surface area contributed by atoms with Crippen LogP contribution in [-0.4, -0.2) is 40.1 Å². The standard InChI is InChI=1S/C19H24N4O2/c1-12-5-6-16(9-13(12)2)22-19(24)23-8-7-17(11-23)25-18-10-14(3)20-15(4)21-18/h5-6,9-10,17H,7-8,11H2,1-4H3,(H,22,24)/t17-/m0/s1. The summed E-state index contributed by atoms with van der Waals surface area (Å²) in [5.41, 5.74) is 4.07. The van der Waals surface area contributed by atoms with Gasteiger partial charge in [0, 0.05) is 30.4 Å². The molecule has 1 aromatic carbocycles. The molecule has 1 aromatic heterocycles. The van der Waals surface area contributed by atoms with E-state index < -0.39 is 0 Å². The number of ether oxygens (including phenoxy) is 1. The van der Waals surface area contributed by atoms with E-state index in [9.17, 15) is 4.79 Å². The van der Waals surface area contributed by atoms with Crippen LogP contribution in [0.15, 0.2) is 24.3 Å². The number of aromatic nitrogens is 2. The van der Waals surface area contributed by atoms with Gasteiger partial charge in [0.25, 0.3) is 0 Å². The summed E-state index contributed by atoms with van der Waals surface area (Å²) >= 11 is 0. The maximum absolute atomic E-state index is 12.5. The first-order valence-electron chi connectivity index (χ1n) is 8.53. The number of carbonyl (C=O) groups is 1. The summed E-state index contributed by atoms with van der Waals surface area (Å²) in [5.74, 6) is 1.27. The van der Waals surface area contributed by atoms with Crippen LogP contribution in [0.4, 0.5) is 10.5 Å². The van der Waals surface area contributed by atoms with E-state index in [0.717, 1.165) is 23.4 Å². The molecule has 1 aliphatic heterocycles. The van der Waals surface area contributed by atoms with Crippen LogP contribution in [0.2, 0.25) is 0 Å². The van der Waals surface area contributed by atoms with E-state index in [2.05, 4.69) is 22.2 Å². The minimum Gasteiger partial charge on any atom is -0.472 e. The average molecular weight is 340 g/mol. The lowest BCUT2D eigenvalue weighted by Crippen LogP contribution is -2.34. The van der Waals surface area contributed by atoms with Crippen LogP contribution in [-0.2, 0) is 0 Å². The highest BCUT2D eigenvalue weighted by Gasteiger charge is 2.28. The number of likely N-dealkylation sites (tertiary alicyclic amines) is 1. The van der Waals surface area contributed by atoms with E-state index in [1.807, 2.05) is 45.0 Å². The van der Waals surface area contributed by atoms with Gasteiger partial charge in [0.2, 0.25) is 5.88 Å². The smallest absolute Gasteiger partial charge is 0.321 e. The van der Waals surface area contributed by atoms with E-state index in [0.29, 0.717) is 24.8 Å². The van der Waals surface area contributed by atoms with Gasteiger partial charge < -0.3 is 15.0 Å². The second-order valence-electron chi connectivity index (χ2n) is 6.60. The fraction of sp³-hybridized carbons (Fsp3) is 0.421. The average Bonchev–Trinajstić information content (AvgIpc) is 2.98. The molecule has 0 spiro atoms. The van der Waals surface area contributed by atoms with Crippen LogP contribution in [0, 0.1) is 27.7 Å². The lowest BCUT2D eigenvalue weighted by molar-refractivity contribution is 0.189. The molecule has 1 N–H and O–H groups in total. The summed E-state index contributed by atoms with van der Waals surface area (Å²) in [6, 6.07) is 7.66. The Bertz CT molecular complexity index is 771. The maximum Gasteiger partial charge on any atom is 0.321 e. The first-order valence-corrected chi connectivity index (χ1v) is 8.53. The van der Waals surface area contributed by atoms with Crippen molar-refractivity contribution in [3.05, 3.63) is 46.9 Å². The van der Waals surface area contributed by atoms with E-state index in [1.54, 1.807) is 4.90 Å². The second kappa shape index (κ2) is 7.09. The number of urea groups is 1. The first-order chi connectivity index (χ1) is 11.9. The Kier molecular flexibility index (Phi) is 4.88. The fourth-order valence-electron chi connectivity index (χ4n) is 2.94. The molecule has 6 nitrogen and oxygen atoms in total. The molecule has 1 fully saturated rings. The van der Waals surface area contributed by atoms with Gasteiger partial charge >= 0.3 is 6.03 Å². The van der Waals surface area contributed by atoms with Crippen LogP contribution >= 0.6 is 0 Å². The molecule has 25 heavy (non-hydrogen) atoms. The minimum atomic E-state index is -0.0931. The summed E-state index contributed by atoms with van der Waals surface area (Å²) in [6.07, 6.45) is 0.752. The van der Waals surface area contributed by atoms with Gasteiger partial charge in [-0.1, -0.05) is 6.07 Å². The third-order valence-corrected chi connectivity index (χ3v) is 4.42. The SMILES string of the molecule is Cc1cc(O[C@H]2CCN(C(=O)Nc3ccc(C)c(C)c3)C2)nc(C)n1. The van der Waals surface area contributed by atoms with Crippen LogP contribution in [0.5, 0.6) is 5.88 Å². The lowest BCUT2D eigenvalue weighted by Gasteiger charge is -2.18. The summed E-state index contributed by atoms with van der Waals surface area (Å²) in [6.45, 7) is 9.08. The summed E-state index contributed by atoms with van der Waals surface area (Å²) in [5, 5.41) is 2.96. The number of nitrogens with zero attached hydrogens (tertiary/aromatic N) is 3. The first kappa shape index (κ1) is 17.2. The van der Waals surface area contributed by atoms with Crippen molar-refractivity contribution in [3.63, 3.8) is 0 Å². The summed E-state index contributed by atoms with van der Waals surface area (Å²) < 4.78 is 5.93. The van der Waals surface area contributed by atoms with E-state index in [-0.39, 0.29) is 12.1 Å². The Morgan fingerprint density at radius 3 is 2.68 bits per heavy atom. The van der Waals surface area contributed by atoms with Gasteiger partial charge in [-0.05, 0) is 51.0 Å². The molecule has 0 bridgehead atoms. The molecule has 0 radical (unpaired) electrons. The zero-order valence-electron chi connectivity index (χ0n) is 15.2. The maximum atomic E-state index is 12.5. The Morgan fingerprint density at radius 1 is 1.16 bits per heavy atom. The van der Waals surface area contributed by atoms with Gasteiger partial charge in [-0.15, -0.1) is 0 Å². The molecule has 0 aliphatic carbocycles.